The Bertz CT molecular complexity index is 350. The second-order valence-electron chi connectivity index (χ2n) is 2.09. The van der Waals surface area contributed by atoms with Gasteiger partial charge in [-0.05, 0) is 15.9 Å². The van der Waals surface area contributed by atoms with Gasteiger partial charge in [0.25, 0.3) is 12.0 Å². The normalized spacial score (nSPS) is 10.7. The minimum Gasteiger partial charge on any atom is -0.394 e. The van der Waals surface area contributed by atoms with E-state index in [1.165, 1.54) is 0 Å². The van der Waals surface area contributed by atoms with Crippen molar-refractivity contribution in [1.29, 1.82) is 0 Å². The number of aromatic nitrogens is 1. The molecule has 0 aliphatic carbocycles. The van der Waals surface area contributed by atoms with Gasteiger partial charge in [0.2, 0.25) is 0 Å². The van der Waals surface area contributed by atoms with Crippen LogP contribution in [0.3, 0.4) is 0 Å². The first kappa shape index (κ1) is 9.18. The second-order valence-corrected chi connectivity index (χ2v) is 2.95. The lowest BCUT2D eigenvalue weighted by molar-refractivity contribution is 0.151. The number of pyridine rings is 1. The smallest absolute Gasteiger partial charge is 0.271 e. The molecule has 0 amide bonds. The van der Waals surface area contributed by atoms with Crippen molar-refractivity contribution in [3.05, 3.63) is 26.6 Å². The molecular weight excluding hydrogens is 234 g/mol. The molecule has 6 heteroatoms. The zero-order chi connectivity index (χ0) is 9.30. The summed E-state index contributed by atoms with van der Waals surface area (Å²) in [5.74, 6) is 0. The average Bonchev–Trinajstić information content (AvgIpc) is 1.97. The van der Waals surface area contributed by atoms with Crippen molar-refractivity contribution in [3.8, 4) is 0 Å². The summed E-state index contributed by atoms with van der Waals surface area (Å²) in [4.78, 5) is 13.0. The maximum absolute atomic E-state index is 12.2. The van der Waals surface area contributed by atoms with Crippen molar-refractivity contribution in [2.75, 3.05) is 5.73 Å². The minimum absolute atomic E-state index is 0.106. The van der Waals surface area contributed by atoms with E-state index in [4.69, 9.17) is 5.73 Å². The van der Waals surface area contributed by atoms with Crippen LogP contribution in [0.2, 0.25) is 0 Å². The molecule has 1 rings (SSSR count). The van der Waals surface area contributed by atoms with E-state index in [0.29, 0.717) is 0 Å². The molecule has 0 aliphatic rings. The Morgan fingerprint density at radius 1 is 1.58 bits per heavy atom. The summed E-state index contributed by atoms with van der Waals surface area (Å²) in [5.41, 5.74) is 3.53. The van der Waals surface area contributed by atoms with Crippen LogP contribution < -0.4 is 11.3 Å². The first-order valence-corrected chi connectivity index (χ1v) is 3.78. The third-order valence-corrected chi connectivity index (χ3v) is 2.00. The Kier molecular flexibility index (Phi) is 2.46. The number of nitrogen functional groups attached to an aromatic ring is 1. The predicted octanol–water partition coefficient (Wildman–Crippen LogP) is 1.66. The Hall–Kier alpha value is -0.910. The SMILES string of the molecule is Nc1c(C(F)F)c(Br)c[nH]c1=O. The van der Waals surface area contributed by atoms with E-state index in [9.17, 15) is 13.6 Å². The number of nitrogens with one attached hydrogen (secondary N) is 1. The molecule has 0 spiro atoms. The molecule has 0 fully saturated rings. The van der Waals surface area contributed by atoms with E-state index in [2.05, 4.69) is 20.9 Å². The van der Waals surface area contributed by atoms with Crippen molar-refractivity contribution in [3.63, 3.8) is 0 Å². The van der Waals surface area contributed by atoms with Gasteiger partial charge in [0.05, 0.1) is 5.56 Å². The van der Waals surface area contributed by atoms with Gasteiger partial charge in [0.1, 0.15) is 5.69 Å². The summed E-state index contributed by atoms with van der Waals surface area (Å²) in [6, 6.07) is 0. The summed E-state index contributed by atoms with van der Waals surface area (Å²) < 4.78 is 24.5. The first-order chi connectivity index (χ1) is 5.54. The summed E-state index contributed by atoms with van der Waals surface area (Å²) in [6.07, 6.45) is -1.61. The van der Waals surface area contributed by atoms with E-state index in [1.807, 2.05) is 0 Å². The Labute approximate surface area is 74.7 Å². The van der Waals surface area contributed by atoms with Gasteiger partial charge in [-0.25, -0.2) is 8.78 Å². The molecular formula is C6H5BrF2N2O. The van der Waals surface area contributed by atoms with Gasteiger partial charge in [0, 0.05) is 10.7 Å². The first-order valence-electron chi connectivity index (χ1n) is 2.98. The maximum atomic E-state index is 12.2. The molecule has 1 aromatic heterocycles. The summed E-state index contributed by atoms with van der Waals surface area (Å²) >= 11 is 2.85. The van der Waals surface area contributed by atoms with Crippen LogP contribution in [0.5, 0.6) is 0 Å². The van der Waals surface area contributed by atoms with E-state index in [-0.39, 0.29) is 4.47 Å². The number of hydrogen-bond acceptors (Lipinski definition) is 2. The highest BCUT2D eigenvalue weighted by atomic mass is 79.9. The number of nitrogens with two attached hydrogens (primary N) is 1. The molecule has 0 radical (unpaired) electrons. The lowest BCUT2D eigenvalue weighted by Gasteiger charge is -2.04. The van der Waals surface area contributed by atoms with Crippen molar-refractivity contribution < 1.29 is 8.78 Å². The summed E-state index contributed by atoms with van der Waals surface area (Å²) in [5, 5.41) is 0. The number of anilines is 1. The molecule has 0 bridgehead atoms. The second kappa shape index (κ2) is 3.22. The van der Waals surface area contributed by atoms with E-state index >= 15 is 0 Å². The zero-order valence-corrected chi connectivity index (χ0v) is 7.36. The van der Waals surface area contributed by atoms with Crippen molar-refractivity contribution in [1.82, 2.24) is 4.98 Å². The number of alkyl halides is 2. The number of halogens is 3. The monoisotopic (exact) mass is 238 g/mol. The van der Waals surface area contributed by atoms with Crippen molar-refractivity contribution in [2.24, 2.45) is 0 Å². The van der Waals surface area contributed by atoms with Gasteiger partial charge in [-0.3, -0.25) is 4.79 Å². The average molecular weight is 239 g/mol. The number of H-pyrrole nitrogens is 1. The topological polar surface area (TPSA) is 58.9 Å². The largest absolute Gasteiger partial charge is 0.394 e. The van der Waals surface area contributed by atoms with Crippen molar-refractivity contribution in [2.45, 2.75) is 6.43 Å². The van der Waals surface area contributed by atoms with Crippen molar-refractivity contribution >= 4 is 21.6 Å². The van der Waals surface area contributed by atoms with Crippen LogP contribution in [-0.2, 0) is 0 Å². The van der Waals surface area contributed by atoms with Crippen LogP contribution in [0.15, 0.2) is 15.5 Å². The molecule has 3 nitrogen and oxygen atoms in total. The molecule has 12 heavy (non-hydrogen) atoms. The van der Waals surface area contributed by atoms with E-state index < -0.39 is 23.2 Å². The molecule has 0 saturated carbocycles. The Balaban J connectivity index is 3.43. The quantitative estimate of drug-likeness (QED) is 0.782. The fourth-order valence-corrected chi connectivity index (χ4v) is 1.26. The third-order valence-electron chi connectivity index (χ3n) is 1.34. The van der Waals surface area contributed by atoms with Crippen LogP contribution >= 0.6 is 15.9 Å². The number of rotatable bonds is 1. The van der Waals surface area contributed by atoms with Crippen LogP contribution in [0.1, 0.15) is 12.0 Å². The molecule has 0 aromatic carbocycles. The summed E-state index contributed by atoms with van der Waals surface area (Å²) in [6.45, 7) is 0. The molecule has 3 N–H and O–H groups in total. The number of hydrogen-bond donors (Lipinski definition) is 2. The standard InChI is InChI=1S/C6H5BrF2N2O/c7-2-1-11-6(12)4(10)3(2)5(8)9/h1,5H,10H2,(H,11,12). The number of aromatic amines is 1. The van der Waals surface area contributed by atoms with Gasteiger partial charge in [-0.15, -0.1) is 0 Å². The fourth-order valence-electron chi connectivity index (χ4n) is 0.757. The van der Waals surface area contributed by atoms with Gasteiger partial charge < -0.3 is 10.7 Å². The van der Waals surface area contributed by atoms with E-state index in [1.54, 1.807) is 0 Å². The molecule has 0 unspecified atom stereocenters. The van der Waals surface area contributed by atoms with Crippen LogP contribution in [0, 0.1) is 0 Å². The highest BCUT2D eigenvalue weighted by Crippen LogP contribution is 2.29. The van der Waals surface area contributed by atoms with Gasteiger partial charge in [-0.2, -0.15) is 0 Å². The molecule has 0 aliphatic heterocycles. The lowest BCUT2D eigenvalue weighted by Crippen LogP contribution is -2.14. The maximum Gasteiger partial charge on any atom is 0.271 e. The van der Waals surface area contributed by atoms with Gasteiger partial charge >= 0.3 is 0 Å². The molecule has 0 atom stereocenters. The Morgan fingerprint density at radius 2 is 2.17 bits per heavy atom. The predicted molar refractivity (Wildman–Crippen MR) is 44.1 cm³/mol. The molecule has 66 valence electrons. The molecule has 1 aromatic rings. The molecule has 1 heterocycles. The minimum atomic E-state index is -2.75. The van der Waals surface area contributed by atoms with Gasteiger partial charge in [-0.1, -0.05) is 0 Å². The molecule has 0 saturated heterocycles. The van der Waals surface area contributed by atoms with Crippen LogP contribution in [-0.4, -0.2) is 4.98 Å². The van der Waals surface area contributed by atoms with Crippen LogP contribution in [0.25, 0.3) is 0 Å². The zero-order valence-electron chi connectivity index (χ0n) is 5.77. The van der Waals surface area contributed by atoms with Crippen LogP contribution in [0.4, 0.5) is 14.5 Å². The van der Waals surface area contributed by atoms with Gasteiger partial charge in [0.15, 0.2) is 0 Å². The van der Waals surface area contributed by atoms with E-state index in [0.717, 1.165) is 6.20 Å². The Morgan fingerprint density at radius 3 is 2.58 bits per heavy atom. The highest BCUT2D eigenvalue weighted by molar-refractivity contribution is 9.10. The fraction of sp³-hybridized carbons (Fsp3) is 0.167. The third kappa shape index (κ3) is 1.47. The highest BCUT2D eigenvalue weighted by Gasteiger charge is 2.17. The summed E-state index contributed by atoms with van der Waals surface area (Å²) in [7, 11) is 0. The lowest BCUT2D eigenvalue weighted by atomic mass is 10.2.